The molecule has 0 aromatic carbocycles. The zero-order valence-corrected chi connectivity index (χ0v) is 8.86. The average Bonchev–Trinajstić information content (AvgIpc) is 2.05. The molecule has 1 heterocycles. The second-order valence-electron chi connectivity index (χ2n) is 3.15. The number of rotatable bonds is 2. The molecule has 0 spiro atoms. The Labute approximate surface area is 90.0 Å². The molecule has 1 aromatic heterocycles. The fraction of sp³-hybridized carbons (Fsp3) is 0.444. The van der Waals surface area contributed by atoms with Crippen molar-refractivity contribution < 1.29 is 17.9 Å². The van der Waals surface area contributed by atoms with Crippen LogP contribution in [0, 0.1) is 0 Å². The molecule has 0 atom stereocenters. The van der Waals surface area contributed by atoms with Gasteiger partial charge in [-0.15, -0.1) is 0 Å². The molecule has 2 nitrogen and oxygen atoms in total. The van der Waals surface area contributed by atoms with Gasteiger partial charge in [-0.2, -0.15) is 13.2 Å². The molecule has 0 aliphatic heterocycles. The predicted molar refractivity (Wildman–Crippen MR) is 50.0 cm³/mol. The number of aromatic nitrogens is 1. The largest absolute Gasteiger partial charge is 0.488 e. The monoisotopic (exact) mass is 239 g/mol. The van der Waals surface area contributed by atoms with Gasteiger partial charge < -0.3 is 4.74 Å². The Kier molecular flexibility index (Phi) is 3.44. The van der Waals surface area contributed by atoms with Gasteiger partial charge in [0.1, 0.15) is 5.69 Å². The molecule has 6 heteroatoms. The standard InChI is InChI=1S/C9H9ClF3NO/c1-5(2)15-6-3-4-7(9(11,12)13)14-8(6)10/h3-5H,1-2H3. The Balaban J connectivity index is 2.98. The first-order valence-corrected chi connectivity index (χ1v) is 4.59. The minimum Gasteiger partial charge on any atom is -0.488 e. The molecule has 0 fully saturated rings. The maximum absolute atomic E-state index is 12.2. The Bertz CT molecular complexity index is 352. The van der Waals surface area contributed by atoms with Crippen LogP contribution >= 0.6 is 11.6 Å². The number of nitrogens with zero attached hydrogens (tertiary/aromatic N) is 1. The highest BCUT2D eigenvalue weighted by atomic mass is 35.5. The van der Waals surface area contributed by atoms with Crippen molar-refractivity contribution in [1.82, 2.24) is 4.98 Å². The van der Waals surface area contributed by atoms with Gasteiger partial charge in [0.05, 0.1) is 6.10 Å². The maximum Gasteiger partial charge on any atom is 0.433 e. The summed E-state index contributed by atoms with van der Waals surface area (Å²) in [5.74, 6) is 0.152. The summed E-state index contributed by atoms with van der Waals surface area (Å²) in [6.45, 7) is 3.49. The topological polar surface area (TPSA) is 22.1 Å². The molecule has 0 saturated carbocycles. The predicted octanol–water partition coefficient (Wildman–Crippen LogP) is 3.54. The summed E-state index contributed by atoms with van der Waals surface area (Å²) in [6.07, 6.45) is -4.65. The van der Waals surface area contributed by atoms with Gasteiger partial charge in [0.15, 0.2) is 10.9 Å². The maximum atomic E-state index is 12.2. The first-order valence-electron chi connectivity index (χ1n) is 4.21. The van der Waals surface area contributed by atoms with Crippen LogP contribution in [0.3, 0.4) is 0 Å². The van der Waals surface area contributed by atoms with Crippen molar-refractivity contribution in [3.05, 3.63) is 23.0 Å². The summed E-state index contributed by atoms with van der Waals surface area (Å²) >= 11 is 5.54. The Hall–Kier alpha value is -0.970. The molecular formula is C9H9ClF3NO. The smallest absolute Gasteiger partial charge is 0.433 e. The summed E-state index contributed by atoms with van der Waals surface area (Å²) < 4.78 is 41.8. The Morgan fingerprint density at radius 2 is 1.93 bits per heavy atom. The van der Waals surface area contributed by atoms with Crippen LogP contribution in [0.25, 0.3) is 0 Å². The van der Waals surface area contributed by atoms with E-state index in [0.29, 0.717) is 0 Å². The fourth-order valence-corrected chi connectivity index (χ4v) is 1.12. The van der Waals surface area contributed by atoms with Gasteiger partial charge in [-0.3, -0.25) is 0 Å². The van der Waals surface area contributed by atoms with Gasteiger partial charge in [0.25, 0.3) is 0 Å². The third kappa shape index (κ3) is 3.27. The number of hydrogen-bond acceptors (Lipinski definition) is 2. The van der Waals surface area contributed by atoms with E-state index in [2.05, 4.69) is 4.98 Å². The van der Waals surface area contributed by atoms with Gasteiger partial charge in [0, 0.05) is 0 Å². The minimum atomic E-state index is -4.49. The van der Waals surface area contributed by atoms with Crippen molar-refractivity contribution in [3.63, 3.8) is 0 Å². The molecule has 0 amide bonds. The molecular weight excluding hydrogens is 231 g/mol. The van der Waals surface area contributed by atoms with Gasteiger partial charge in [-0.05, 0) is 26.0 Å². The zero-order valence-electron chi connectivity index (χ0n) is 8.10. The lowest BCUT2D eigenvalue weighted by molar-refractivity contribution is -0.141. The van der Waals surface area contributed by atoms with Crippen LogP contribution in [0.4, 0.5) is 13.2 Å². The first kappa shape index (κ1) is 12.1. The SMILES string of the molecule is CC(C)Oc1ccc(C(F)(F)F)nc1Cl. The van der Waals surface area contributed by atoms with Crippen LogP contribution < -0.4 is 4.74 Å². The lowest BCUT2D eigenvalue weighted by Gasteiger charge is -2.12. The third-order valence-electron chi connectivity index (χ3n) is 1.47. The van der Waals surface area contributed by atoms with E-state index >= 15 is 0 Å². The van der Waals surface area contributed by atoms with Crippen molar-refractivity contribution in [2.45, 2.75) is 26.1 Å². The fourth-order valence-electron chi connectivity index (χ4n) is 0.921. The first-order chi connectivity index (χ1) is 6.80. The van der Waals surface area contributed by atoms with Crippen LogP contribution in [0.2, 0.25) is 5.15 Å². The molecule has 0 aliphatic carbocycles. The molecule has 84 valence electrons. The van der Waals surface area contributed by atoms with Gasteiger partial charge in [-0.25, -0.2) is 4.98 Å². The molecule has 0 radical (unpaired) electrons. The van der Waals surface area contributed by atoms with Crippen LogP contribution in [0.15, 0.2) is 12.1 Å². The summed E-state index contributed by atoms with van der Waals surface area (Å²) in [5.41, 5.74) is -1.02. The summed E-state index contributed by atoms with van der Waals surface area (Å²) in [6, 6.07) is 2.00. The van der Waals surface area contributed by atoms with E-state index < -0.39 is 11.9 Å². The Morgan fingerprint density at radius 3 is 2.33 bits per heavy atom. The highest BCUT2D eigenvalue weighted by Crippen LogP contribution is 2.32. The zero-order chi connectivity index (χ0) is 11.6. The Morgan fingerprint density at radius 1 is 1.33 bits per heavy atom. The molecule has 0 N–H and O–H groups in total. The molecule has 15 heavy (non-hydrogen) atoms. The summed E-state index contributed by atoms with van der Waals surface area (Å²) in [5, 5.41) is -0.279. The van der Waals surface area contributed by atoms with Gasteiger partial charge >= 0.3 is 6.18 Å². The second-order valence-corrected chi connectivity index (χ2v) is 3.51. The second kappa shape index (κ2) is 4.26. The van der Waals surface area contributed by atoms with E-state index in [1.54, 1.807) is 13.8 Å². The van der Waals surface area contributed by atoms with E-state index in [1.807, 2.05) is 0 Å². The van der Waals surface area contributed by atoms with Crippen LogP contribution in [0.5, 0.6) is 5.75 Å². The molecule has 0 aliphatic rings. The summed E-state index contributed by atoms with van der Waals surface area (Å²) in [7, 11) is 0. The van der Waals surface area contributed by atoms with Crippen LogP contribution in [0.1, 0.15) is 19.5 Å². The van der Waals surface area contributed by atoms with Gasteiger partial charge in [0.2, 0.25) is 0 Å². The van der Waals surface area contributed by atoms with Gasteiger partial charge in [-0.1, -0.05) is 11.6 Å². The number of hydrogen-bond donors (Lipinski definition) is 0. The lowest BCUT2D eigenvalue weighted by atomic mass is 10.3. The highest BCUT2D eigenvalue weighted by molar-refractivity contribution is 6.30. The lowest BCUT2D eigenvalue weighted by Crippen LogP contribution is -2.10. The van der Waals surface area contributed by atoms with Crippen molar-refractivity contribution in [3.8, 4) is 5.75 Å². The van der Waals surface area contributed by atoms with Crippen LogP contribution in [-0.2, 0) is 6.18 Å². The van der Waals surface area contributed by atoms with E-state index in [1.165, 1.54) is 0 Å². The molecule has 0 unspecified atom stereocenters. The van der Waals surface area contributed by atoms with Crippen molar-refractivity contribution in [1.29, 1.82) is 0 Å². The number of halogens is 4. The van der Waals surface area contributed by atoms with E-state index in [9.17, 15) is 13.2 Å². The molecule has 0 bridgehead atoms. The summed E-state index contributed by atoms with van der Waals surface area (Å²) in [4.78, 5) is 3.21. The number of ether oxygens (including phenoxy) is 1. The average molecular weight is 240 g/mol. The van der Waals surface area contributed by atoms with E-state index in [4.69, 9.17) is 16.3 Å². The van der Waals surface area contributed by atoms with Crippen LogP contribution in [-0.4, -0.2) is 11.1 Å². The molecule has 1 aromatic rings. The normalized spacial score (nSPS) is 11.9. The molecule has 1 rings (SSSR count). The quantitative estimate of drug-likeness (QED) is 0.737. The van der Waals surface area contributed by atoms with Crippen molar-refractivity contribution in [2.75, 3.05) is 0 Å². The molecule has 0 saturated heterocycles. The van der Waals surface area contributed by atoms with E-state index in [-0.39, 0.29) is 17.0 Å². The van der Waals surface area contributed by atoms with E-state index in [0.717, 1.165) is 12.1 Å². The van der Waals surface area contributed by atoms with Crippen molar-refractivity contribution >= 4 is 11.6 Å². The van der Waals surface area contributed by atoms with Crippen molar-refractivity contribution in [2.24, 2.45) is 0 Å². The number of pyridine rings is 1. The number of alkyl halides is 3. The highest BCUT2D eigenvalue weighted by Gasteiger charge is 2.33. The minimum absolute atomic E-state index is 0.152. The third-order valence-corrected chi connectivity index (χ3v) is 1.74.